The van der Waals surface area contributed by atoms with Crippen LogP contribution in [-0.4, -0.2) is 108 Å². The third-order valence-corrected chi connectivity index (χ3v) is 12.2. The van der Waals surface area contributed by atoms with Gasteiger partial charge in [-0.2, -0.15) is 0 Å². The van der Waals surface area contributed by atoms with Gasteiger partial charge in [0.15, 0.2) is 18.9 Å². The van der Waals surface area contributed by atoms with Crippen molar-refractivity contribution in [3.8, 4) is 0 Å². The lowest BCUT2D eigenvalue weighted by Crippen LogP contribution is -2.49. The third kappa shape index (κ3) is 34.6. The molecule has 11 heteroatoms. The van der Waals surface area contributed by atoms with Crippen LogP contribution in [-0.2, 0) is 47.5 Å². The predicted octanol–water partition coefficient (Wildman–Crippen LogP) is 12.9. The highest BCUT2D eigenvalue weighted by Crippen LogP contribution is 2.28. The maximum Gasteiger partial charge on any atom is 0.305 e. The molecule has 0 aromatic carbocycles. The molecule has 11 nitrogen and oxygen atoms in total. The molecule has 1 aliphatic rings. The van der Waals surface area contributed by atoms with Crippen LogP contribution < -0.4 is 0 Å². The molecule has 63 heavy (non-hydrogen) atoms. The van der Waals surface area contributed by atoms with Gasteiger partial charge in [-0.25, -0.2) is 0 Å². The summed E-state index contributed by atoms with van der Waals surface area (Å²) in [6.07, 6.45) is 29.1. The van der Waals surface area contributed by atoms with E-state index < -0.39 is 18.0 Å². The van der Waals surface area contributed by atoms with E-state index in [2.05, 4.69) is 46.4 Å². The Labute approximate surface area is 387 Å². The van der Waals surface area contributed by atoms with E-state index in [9.17, 15) is 9.59 Å². The highest BCUT2D eigenvalue weighted by atomic mass is 16.7. The van der Waals surface area contributed by atoms with E-state index in [1.807, 2.05) is 0 Å². The fourth-order valence-corrected chi connectivity index (χ4v) is 7.73. The Bertz CT molecular complexity index is 907. The molecule has 0 N–H and O–H groups in total. The van der Waals surface area contributed by atoms with E-state index in [0.717, 1.165) is 77.4 Å². The van der Waals surface area contributed by atoms with Crippen molar-refractivity contribution in [3.63, 3.8) is 0 Å². The van der Waals surface area contributed by atoms with Gasteiger partial charge < -0.3 is 42.8 Å². The van der Waals surface area contributed by atoms with Gasteiger partial charge in [0.05, 0.1) is 31.5 Å². The average Bonchev–Trinajstić information content (AvgIpc) is 3.30. The van der Waals surface area contributed by atoms with Gasteiger partial charge in [-0.15, -0.1) is 0 Å². The number of ether oxygens (including phenoxy) is 8. The van der Waals surface area contributed by atoms with Gasteiger partial charge in [-0.05, 0) is 38.8 Å². The maximum absolute atomic E-state index is 13.3. The molecule has 0 amide bonds. The Balaban J connectivity index is 2.82. The van der Waals surface area contributed by atoms with E-state index in [0.29, 0.717) is 39.3 Å². The van der Waals surface area contributed by atoms with Crippen molar-refractivity contribution in [2.45, 2.75) is 247 Å². The summed E-state index contributed by atoms with van der Waals surface area (Å²) in [5.41, 5.74) is -0.819. The fourth-order valence-electron chi connectivity index (χ4n) is 7.73. The van der Waals surface area contributed by atoms with E-state index in [1.54, 1.807) is 0 Å². The number of carbonyl (C=O) groups is 2. The number of rotatable bonds is 47. The van der Waals surface area contributed by atoms with Crippen molar-refractivity contribution in [1.82, 2.24) is 4.90 Å². The SMILES string of the molecule is CCCCCCCCOC(CCC(=O)OCC1(COC(=O)CCC(OCCCCCCCC)OCCCCCCCC)COC(CCN(CC)CC)OC1)OCCCCCCCC. The summed E-state index contributed by atoms with van der Waals surface area (Å²) in [7, 11) is 0. The Kier molecular flexibility index (Phi) is 41.0. The Hall–Kier alpha value is -1.34. The maximum atomic E-state index is 13.3. The zero-order valence-corrected chi connectivity index (χ0v) is 42.0. The summed E-state index contributed by atoms with van der Waals surface area (Å²) in [5.74, 6) is -0.679. The van der Waals surface area contributed by atoms with E-state index in [4.69, 9.17) is 37.9 Å². The summed E-state index contributed by atoms with van der Waals surface area (Å²) >= 11 is 0. The smallest absolute Gasteiger partial charge is 0.305 e. The first-order valence-corrected chi connectivity index (χ1v) is 26.6. The van der Waals surface area contributed by atoms with Gasteiger partial charge in [0.2, 0.25) is 0 Å². The van der Waals surface area contributed by atoms with Crippen LogP contribution in [0.1, 0.15) is 228 Å². The third-order valence-electron chi connectivity index (χ3n) is 12.2. The van der Waals surface area contributed by atoms with Crippen LogP contribution in [0, 0.1) is 5.41 Å². The summed E-state index contributed by atoms with van der Waals surface area (Å²) in [4.78, 5) is 28.9. The number of hydrogen-bond acceptors (Lipinski definition) is 11. The molecule has 0 atom stereocenters. The number of esters is 2. The predicted molar refractivity (Wildman–Crippen MR) is 256 cm³/mol. The molecule has 0 bridgehead atoms. The van der Waals surface area contributed by atoms with Gasteiger partial charge in [0.1, 0.15) is 13.2 Å². The molecule has 0 unspecified atom stereocenters. The van der Waals surface area contributed by atoms with E-state index >= 15 is 0 Å². The number of unbranched alkanes of at least 4 members (excludes halogenated alkanes) is 20. The van der Waals surface area contributed by atoms with Crippen LogP contribution in [0.15, 0.2) is 0 Å². The van der Waals surface area contributed by atoms with Crippen LogP contribution in [0.4, 0.5) is 0 Å². The van der Waals surface area contributed by atoms with Crippen molar-refractivity contribution in [2.24, 2.45) is 5.41 Å². The van der Waals surface area contributed by atoms with Gasteiger partial charge in [-0.1, -0.05) is 170 Å². The lowest BCUT2D eigenvalue weighted by atomic mass is 9.91. The first kappa shape index (κ1) is 59.7. The van der Waals surface area contributed by atoms with E-state index in [-0.39, 0.29) is 57.5 Å². The van der Waals surface area contributed by atoms with Crippen LogP contribution in [0.25, 0.3) is 0 Å². The lowest BCUT2D eigenvalue weighted by molar-refractivity contribution is -0.250. The lowest BCUT2D eigenvalue weighted by Gasteiger charge is -2.39. The van der Waals surface area contributed by atoms with Gasteiger partial charge in [0, 0.05) is 52.2 Å². The molecule has 0 aromatic heterocycles. The molecule has 0 radical (unpaired) electrons. The summed E-state index contributed by atoms with van der Waals surface area (Å²) in [5, 5.41) is 0. The van der Waals surface area contributed by atoms with Crippen molar-refractivity contribution >= 4 is 11.9 Å². The second-order valence-electron chi connectivity index (χ2n) is 18.2. The Morgan fingerprint density at radius 3 is 1.13 bits per heavy atom. The van der Waals surface area contributed by atoms with Crippen LogP contribution >= 0.6 is 0 Å². The van der Waals surface area contributed by atoms with Crippen molar-refractivity contribution in [2.75, 3.05) is 72.5 Å². The molecule has 0 saturated carbocycles. The second kappa shape index (κ2) is 43.2. The van der Waals surface area contributed by atoms with Crippen molar-refractivity contribution in [1.29, 1.82) is 0 Å². The summed E-state index contributed by atoms with van der Waals surface area (Å²) in [6.45, 7) is 19.1. The van der Waals surface area contributed by atoms with Crippen molar-refractivity contribution < 1.29 is 47.5 Å². The first-order chi connectivity index (χ1) is 30.8. The minimum absolute atomic E-state index is 0.0230. The molecule has 0 aromatic rings. The molecule has 374 valence electrons. The second-order valence-corrected chi connectivity index (χ2v) is 18.2. The van der Waals surface area contributed by atoms with Gasteiger partial charge in [-0.3, -0.25) is 9.59 Å². The zero-order chi connectivity index (χ0) is 45.9. The fraction of sp³-hybridized carbons (Fsp3) is 0.962. The molecule has 0 spiro atoms. The topological polar surface area (TPSA) is 111 Å². The minimum Gasteiger partial charge on any atom is -0.465 e. The number of hydrogen-bond donors (Lipinski definition) is 0. The molecular formula is C52H101NO10. The van der Waals surface area contributed by atoms with Gasteiger partial charge >= 0.3 is 11.9 Å². The van der Waals surface area contributed by atoms with Crippen molar-refractivity contribution in [3.05, 3.63) is 0 Å². The standard InChI is InChI=1S/C52H101NO10/c1-7-13-17-21-25-29-39-56-49(57-40-30-26-22-18-14-8-2)35-33-47(54)60-43-52(45-62-51(63-46-52)37-38-53(11-5)12-6)44-61-48(55)34-36-50(58-41-31-27-23-19-15-9-3)59-42-32-28-24-20-16-10-4/h49-51H,7-46H2,1-6H3. The molecule has 1 rings (SSSR count). The largest absolute Gasteiger partial charge is 0.465 e. The highest BCUT2D eigenvalue weighted by Gasteiger charge is 2.40. The van der Waals surface area contributed by atoms with E-state index in [1.165, 1.54) is 103 Å². The summed E-state index contributed by atoms with van der Waals surface area (Å²) < 4.78 is 49.0. The molecule has 1 fully saturated rings. The Morgan fingerprint density at radius 2 is 0.810 bits per heavy atom. The number of carbonyl (C=O) groups excluding carboxylic acids is 2. The Morgan fingerprint density at radius 1 is 0.492 bits per heavy atom. The quantitative estimate of drug-likeness (QED) is 0.0331. The molecule has 0 aliphatic carbocycles. The van der Waals surface area contributed by atoms with Crippen LogP contribution in [0.3, 0.4) is 0 Å². The molecular weight excluding hydrogens is 799 g/mol. The van der Waals surface area contributed by atoms with Crippen LogP contribution in [0.5, 0.6) is 0 Å². The van der Waals surface area contributed by atoms with Crippen LogP contribution in [0.2, 0.25) is 0 Å². The average molecular weight is 900 g/mol. The number of nitrogens with zero attached hydrogens (tertiary/aromatic N) is 1. The first-order valence-electron chi connectivity index (χ1n) is 26.6. The molecule has 1 saturated heterocycles. The van der Waals surface area contributed by atoms with Gasteiger partial charge in [0.25, 0.3) is 0 Å². The highest BCUT2D eigenvalue weighted by molar-refractivity contribution is 5.70. The molecule has 1 aliphatic heterocycles. The minimum atomic E-state index is -0.819. The monoisotopic (exact) mass is 900 g/mol. The normalized spacial score (nSPS) is 14.4. The molecule has 1 heterocycles. The summed E-state index contributed by atoms with van der Waals surface area (Å²) in [6, 6.07) is 0. The zero-order valence-electron chi connectivity index (χ0n) is 42.0.